The Balaban J connectivity index is 2.29. The minimum Gasteiger partial charge on any atom is -0.478 e. The zero-order chi connectivity index (χ0) is 23.3. The fourth-order valence-corrected chi connectivity index (χ4v) is 3.18. The maximum atomic E-state index is 13.3. The maximum Gasteiger partial charge on any atom is 0.335 e. The van der Waals surface area contributed by atoms with Crippen molar-refractivity contribution < 1.29 is 19.5 Å². The van der Waals surface area contributed by atoms with Gasteiger partial charge in [-0.3, -0.25) is 9.59 Å². The molecule has 0 aliphatic rings. The van der Waals surface area contributed by atoms with Crippen LogP contribution in [0, 0.1) is 0 Å². The normalized spacial score (nSPS) is 12.0. The number of carbonyl (C=O) groups is 3. The Morgan fingerprint density at radius 1 is 0.968 bits per heavy atom. The van der Waals surface area contributed by atoms with Gasteiger partial charge in [0.2, 0.25) is 11.8 Å². The third-order valence-corrected chi connectivity index (χ3v) is 4.85. The Morgan fingerprint density at radius 2 is 1.58 bits per heavy atom. The average molecular weight is 427 g/mol. The van der Waals surface area contributed by atoms with E-state index in [9.17, 15) is 14.4 Å². The number of carboxylic acid groups (broad SMARTS) is 1. The highest BCUT2D eigenvalue weighted by molar-refractivity contribution is 5.99. The molecule has 3 N–H and O–H groups in total. The zero-order valence-corrected chi connectivity index (χ0v) is 18.6. The molecule has 8 heteroatoms. The van der Waals surface area contributed by atoms with Crippen LogP contribution >= 0.6 is 0 Å². The first kappa shape index (κ1) is 24.0. The summed E-state index contributed by atoms with van der Waals surface area (Å²) in [5.41, 5.74) is 8.26. The molecule has 0 radical (unpaired) electrons. The Hall–Kier alpha value is -3.23. The number of benzene rings is 2. The summed E-state index contributed by atoms with van der Waals surface area (Å²) in [6, 6.07) is 12.0. The van der Waals surface area contributed by atoms with E-state index in [0.717, 1.165) is 0 Å². The van der Waals surface area contributed by atoms with Crippen molar-refractivity contribution in [3.05, 3.63) is 59.7 Å². The number of carbonyl (C=O) groups excluding carboxylic acids is 2. The first-order valence-electron chi connectivity index (χ1n) is 9.96. The third-order valence-electron chi connectivity index (χ3n) is 4.85. The maximum absolute atomic E-state index is 13.3. The zero-order valence-electron chi connectivity index (χ0n) is 18.6. The summed E-state index contributed by atoms with van der Waals surface area (Å²) < 4.78 is 0. The van der Waals surface area contributed by atoms with E-state index < -0.39 is 12.0 Å². The molecule has 0 bridgehead atoms. The molecule has 0 saturated carbocycles. The van der Waals surface area contributed by atoms with Crippen LogP contribution in [0.15, 0.2) is 48.5 Å². The van der Waals surface area contributed by atoms with Crippen LogP contribution in [0.5, 0.6) is 0 Å². The second-order valence-electron chi connectivity index (χ2n) is 7.92. The lowest BCUT2D eigenvalue weighted by molar-refractivity contribution is -0.120. The summed E-state index contributed by atoms with van der Waals surface area (Å²) in [5, 5.41) is 9.10. The lowest BCUT2D eigenvalue weighted by Crippen LogP contribution is -2.43. The van der Waals surface area contributed by atoms with E-state index in [1.165, 1.54) is 17.0 Å². The average Bonchev–Trinajstić information content (AvgIpc) is 2.72. The molecule has 166 valence electrons. The third kappa shape index (κ3) is 5.90. The van der Waals surface area contributed by atoms with E-state index >= 15 is 0 Å². The van der Waals surface area contributed by atoms with Crippen molar-refractivity contribution in [2.75, 3.05) is 37.5 Å². The molecule has 2 amide bonds. The fraction of sp³-hybridized carbons (Fsp3) is 0.348. The molecule has 0 fully saturated rings. The number of hydrogen-bond donors (Lipinski definition) is 2. The van der Waals surface area contributed by atoms with E-state index in [0.29, 0.717) is 16.9 Å². The summed E-state index contributed by atoms with van der Waals surface area (Å²) >= 11 is 0. The second-order valence-corrected chi connectivity index (χ2v) is 7.92. The molecule has 2 rings (SSSR count). The predicted octanol–water partition coefficient (Wildman–Crippen LogP) is 2.35. The number of anilines is 2. The monoisotopic (exact) mass is 426 g/mol. The molecule has 0 aliphatic carbocycles. The van der Waals surface area contributed by atoms with Gasteiger partial charge in [0.05, 0.1) is 12.1 Å². The van der Waals surface area contributed by atoms with Gasteiger partial charge in [-0.15, -0.1) is 0 Å². The highest BCUT2D eigenvalue weighted by atomic mass is 16.4. The molecule has 0 saturated heterocycles. The molecular formula is C23H30N4O4. The summed E-state index contributed by atoms with van der Waals surface area (Å²) in [6.45, 7) is 3.98. The first-order valence-corrected chi connectivity index (χ1v) is 9.96. The van der Waals surface area contributed by atoms with E-state index in [2.05, 4.69) is 0 Å². The minimum atomic E-state index is -1.03. The van der Waals surface area contributed by atoms with E-state index in [4.69, 9.17) is 10.8 Å². The number of carboxylic acids is 1. The molecular weight excluding hydrogens is 396 g/mol. The summed E-state index contributed by atoms with van der Waals surface area (Å²) in [4.78, 5) is 41.6. The Bertz CT molecular complexity index is 941. The van der Waals surface area contributed by atoms with Gasteiger partial charge >= 0.3 is 5.97 Å². The van der Waals surface area contributed by atoms with Crippen LogP contribution in [0.3, 0.4) is 0 Å². The van der Waals surface area contributed by atoms with Crippen molar-refractivity contribution in [1.82, 2.24) is 4.90 Å². The lowest BCUT2D eigenvalue weighted by atomic mass is 10.0. The van der Waals surface area contributed by atoms with Gasteiger partial charge in [0.1, 0.15) is 6.04 Å². The van der Waals surface area contributed by atoms with Crippen molar-refractivity contribution in [2.24, 2.45) is 5.73 Å². The molecule has 8 nitrogen and oxygen atoms in total. The van der Waals surface area contributed by atoms with E-state index in [1.807, 2.05) is 27.9 Å². The SMILES string of the molecule is CC(C)N(C(=O)[C@@H](N)c1cccc(N(C)C(=O)CN(C)C)c1)c1ccc(C(=O)O)cc1. The number of amides is 2. The molecule has 0 unspecified atom stereocenters. The summed E-state index contributed by atoms with van der Waals surface area (Å²) in [7, 11) is 5.32. The molecule has 2 aromatic carbocycles. The lowest BCUT2D eigenvalue weighted by Gasteiger charge is -2.30. The van der Waals surface area contributed by atoms with Crippen LogP contribution in [0.1, 0.15) is 35.8 Å². The van der Waals surface area contributed by atoms with Crippen LogP contribution in [0.4, 0.5) is 11.4 Å². The molecule has 0 heterocycles. The van der Waals surface area contributed by atoms with Gasteiger partial charge in [-0.1, -0.05) is 12.1 Å². The number of aromatic carboxylic acids is 1. The quantitative estimate of drug-likeness (QED) is 0.671. The summed E-state index contributed by atoms with van der Waals surface area (Å²) in [5.74, 6) is -1.43. The number of hydrogen-bond acceptors (Lipinski definition) is 5. The van der Waals surface area contributed by atoms with Crippen molar-refractivity contribution >= 4 is 29.2 Å². The van der Waals surface area contributed by atoms with Crippen molar-refractivity contribution in [3.63, 3.8) is 0 Å². The molecule has 0 spiro atoms. The van der Waals surface area contributed by atoms with Crippen molar-refractivity contribution in [2.45, 2.75) is 25.9 Å². The predicted molar refractivity (Wildman–Crippen MR) is 121 cm³/mol. The number of nitrogens with zero attached hydrogens (tertiary/aromatic N) is 3. The van der Waals surface area contributed by atoms with Gasteiger partial charge in [-0.05, 0) is 69.9 Å². The summed E-state index contributed by atoms with van der Waals surface area (Å²) in [6.07, 6.45) is 0. The molecule has 0 aliphatic heterocycles. The Kier molecular flexibility index (Phi) is 7.90. The highest BCUT2D eigenvalue weighted by Gasteiger charge is 2.27. The van der Waals surface area contributed by atoms with Crippen LogP contribution in [-0.2, 0) is 9.59 Å². The van der Waals surface area contributed by atoms with Gasteiger partial charge in [0.25, 0.3) is 0 Å². The van der Waals surface area contributed by atoms with Gasteiger partial charge in [0, 0.05) is 24.5 Å². The van der Waals surface area contributed by atoms with Gasteiger partial charge < -0.3 is 25.5 Å². The largest absolute Gasteiger partial charge is 0.478 e. The number of nitrogens with two attached hydrogens (primary N) is 1. The molecule has 0 aromatic heterocycles. The molecule has 31 heavy (non-hydrogen) atoms. The van der Waals surface area contributed by atoms with Gasteiger partial charge in [0.15, 0.2) is 0 Å². The van der Waals surface area contributed by atoms with E-state index in [-0.39, 0.29) is 30.0 Å². The smallest absolute Gasteiger partial charge is 0.335 e. The molecule has 1 atom stereocenters. The van der Waals surface area contributed by atoms with Gasteiger partial charge in [-0.25, -0.2) is 4.79 Å². The fourth-order valence-electron chi connectivity index (χ4n) is 3.18. The topological polar surface area (TPSA) is 107 Å². The number of likely N-dealkylation sites (N-methyl/N-ethyl adjacent to an activating group) is 2. The minimum absolute atomic E-state index is 0.0793. The van der Waals surface area contributed by atoms with Crippen molar-refractivity contribution in [3.8, 4) is 0 Å². The first-order chi connectivity index (χ1) is 14.5. The van der Waals surface area contributed by atoms with E-state index in [1.54, 1.807) is 53.2 Å². The van der Waals surface area contributed by atoms with Crippen molar-refractivity contribution in [1.29, 1.82) is 0 Å². The standard InChI is InChI=1S/C23H30N4O4/c1-15(2)27(18-11-9-16(10-12-18)23(30)31)22(29)21(24)17-7-6-8-19(13-17)26(5)20(28)14-25(3)4/h6-13,15,21H,14,24H2,1-5H3,(H,30,31)/t21-/m0/s1. The second kappa shape index (κ2) is 10.2. The Morgan fingerprint density at radius 3 is 2.10 bits per heavy atom. The van der Waals surface area contributed by atoms with Gasteiger partial charge in [-0.2, -0.15) is 0 Å². The van der Waals surface area contributed by atoms with Crippen LogP contribution in [0.2, 0.25) is 0 Å². The number of rotatable bonds is 8. The Labute approximate surface area is 182 Å². The van der Waals surface area contributed by atoms with Crippen LogP contribution in [-0.4, -0.2) is 61.5 Å². The van der Waals surface area contributed by atoms with Crippen LogP contribution in [0.25, 0.3) is 0 Å². The molecule has 2 aromatic rings. The highest BCUT2D eigenvalue weighted by Crippen LogP contribution is 2.25. The van der Waals surface area contributed by atoms with Crippen LogP contribution < -0.4 is 15.5 Å².